The molecular weight excluding hydrogens is 324 g/mol. The summed E-state index contributed by atoms with van der Waals surface area (Å²) in [5.74, 6) is 0.927. The van der Waals surface area contributed by atoms with Crippen LogP contribution in [0, 0.1) is 5.41 Å². The SMILES string of the molecule is Cl.O=S(=O)(c1cn2c(n1)CCCC2)N1CCC2(CCNC2)C1. The van der Waals surface area contributed by atoms with Gasteiger partial charge in [0.2, 0.25) is 0 Å². The molecule has 0 aromatic carbocycles. The first-order valence-corrected chi connectivity index (χ1v) is 9.30. The summed E-state index contributed by atoms with van der Waals surface area (Å²) in [6, 6.07) is 0. The number of sulfonamides is 1. The molecule has 1 unspecified atom stereocenters. The Morgan fingerprint density at radius 1 is 1.23 bits per heavy atom. The lowest BCUT2D eigenvalue weighted by atomic mass is 9.87. The molecule has 1 N–H and O–H groups in total. The van der Waals surface area contributed by atoms with Crippen LogP contribution in [-0.4, -0.2) is 48.5 Å². The van der Waals surface area contributed by atoms with Gasteiger partial charge in [0.15, 0.2) is 5.03 Å². The van der Waals surface area contributed by atoms with Gasteiger partial charge in [-0.05, 0) is 37.6 Å². The van der Waals surface area contributed by atoms with Crippen LogP contribution in [-0.2, 0) is 23.0 Å². The highest BCUT2D eigenvalue weighted by Crippen LogP contribution is 2.38. The van der Waals surface area contributed by atoms with Gasteiger partial charge in [-0.15, -0.1) is 12.4 Å². The molecule has 0 bridgehead atoms. The van der Waals surface area contributed by atoms with E-state index in [1.807, 2.05) is 4.57 Å². The molecule has 1 aromatic heterocycles. The Morgan fingerprint density at radius 3 is 2.82 bits per heavy atom. The van der Waals surface area contributed by atoms with E-state index in [1.54, 1.807) is 10.5 Å². The number of imidazole rings is 1. The van der Waals surface area contributed by atoms with Crippen molar-refractivity contribution in [2.45, 2.75) is 43.7 Å². The van der Waals surface area contributed by atoms with Gasteiger partial charge in [0.1, 0.15) is 5.82 Å². The number of nitrogens with one attached hydrogen (secondary N) is 1. The molecule has 8 heteroatoms. The van der Waals surface area contributed by atoms with Crippen LogP contribution in [0.5, 0.6) is 0 Å². The smallest absolute Gasteiger partial charge is 0.262 e. The first-order valence-electron chi connectivity index (χ1n) is 7.86. The van der Waals surface area contributed by atoms with Crippen LogP contribution >= 0.6 is 12.4 Å². The Balaban J connectivity index is 0.00000144. The van der Waals surface area contributed by atoms with E-state index in [2.05, 4.69) is 10.3 Å². The normalized spacial score (nSPS) is 28.7. The third-order valence-electron chi connectivity index (χ3n) is 5.23. The highest BCUT2D eigenvalue weighted by molar-refractivity contribution is 7.89. The number of rotatable bonds is 2. The number of aryl methyl sites for hydroxylation is 2. The van der Waals surface area contributed by atoms with Gasteiger partial charge in [0.25, 0.3) is 10.0 Å². The third-order valence-corrected chi connectivity index (χ3v) is 6.94. The molecule has 0 radical (unpaired) electrons. The number of aromatic nitrogens is 2. The van der Waals surface area contributed by atoms with Crippen LogP contribution < -0.4 is 5.32 Å². The lowest BCUT2D eigenvalue weighted by molar-refractivity contribution is 0.337. The highest BCUT2D eigenvalue weighted by atomic mass is 35.5. The van der Waals surface area contributed by atoms with Crippen LogP contribution in [0.15, 0.2) is 11.2 Å². The van der Waals surface area contributed by atoms with Crippen LogP contribution in [0.1, 0.15) is 31.5 Å². The summed E-state index contributed by atoms with van der Waals surface area (Å²) in [6.07, 6.45) is 6.90. The Kier molecular flexibility index (Phi) is 4.26. The summed E-state index contributed by atoms with van der Waals surface area (Å²) in [4.78, 5) is 4.40. The summed E-state index contributed by atoms with van der Waals surface area (Å²) in [6.45, 7) is 4.12. The summed E-state index contributed by atoms with van der Waals surface area (Å²) in [5.41, 5.74) is 0.159. The van der Waals surface area contributed by atoms with Crippen molar-refractivity contribution >= 4 is 22.4 Å². The molecule has 1 spiro atoms. The zero-order valence-electron chi connectivity index (χ0n) is 12.6. The summed E-state index contributed by atoms with van der Waals surface area (Å²) < 4.78 is 29.3. The zero-order chi connectivity index (χ0) is 14.5. The van der Waals surface area contributed by atoms with Crippen molar-refractivity contribution in [1.82, 2.24) is 19.2 Å². The number of hydrogen-bond donors (Lipinski definition) is 1. The standard InChI is InChI=1S/C14H22N4O2S.ClH/c19-21(20,13-9-17-7-2-1-3-12(17)16-13)18-8-5-14(11-18)4-6-15-10-14;/h9,15H,1-8,10-11H2;1H. The zero-order valence-corrected chi connectivity index (χ0v) is 14.3. The molecule has 4 heterocycles. The van der Waals surface area contributed by atoms with Crippen LogP contribution in [0.4, 0.5) is 0 Å². The number of nitrogens with zero attached hydrogens (tertiary/aromatic N) is 3. The Labute approximate surface area is 137 Å². The van der Waals surface area contributed by atoms with Gasteiger partial charge in [-0.25, -0.2) is 13.4 Å². The third kappa shape index (κ3) is 2.58. The maximum atomic E-state index is 12.8. The van der Waals surface area contributed by atoms with Gasteiger partial charge in [-0.3, -0.25) is 0 Å². The average molecular weight is 347 g/mol. The lowest BCUT2D eigenvalue weighted by Crippen LogP contribution is -2.33. The van der Waals surface area contributed by atoms with Crippen LogP contribution in [0.2, 0.25) is 0 Å². The van der Waals surface area contributed by atoms with E-state index in [-0.39, 0.29) is 22.8 Å². The van der Waals surface area contributed by atoms with E-state index in [4.69, 9.17) is 0 Å². The monoisotopic (exact) mass is 346 g/mol. The Morgan fingerprint density at radius 2 is 2.09 bits per heavy atom. The van der Waals surface area contributed by atoms with Gasteiger partial charge in [0, 0.05) is 38.8 Å². The summed E-state index contributed by atoms with van der Waals surface area (Å²) in [7, 11) is -3.42. The molecule has 2 saturated heterocycles. The maximum absolute atomic E-state index is 12.8. The van der Waals surface area contributed by atoms with Crippen molar-refractivity contribution in [3.63, 3.8) is 0 Å². The molecule has 3 aliphatic rings. The molecule has 124 valence electrons. The number of fused-ring (bicyclic) bond motifs is 1. The van der Waals surface area contributed by atoms with Crippen LogP contribution in [0.25, 0.3) is 0 Å². The molecule has 0 aliphatic carbocycles. The van der Waals surface area contributed by atoms with Gasteiger partial charge < -0.3 is 9.88 Å². The molecule has 3 aliphatic heterocycles. The summed E-state index contributed by atoms with van der Waals surface area (Å²) in [5, 5.41) is 3.62. The first-order chi connectivity index (χ1) is 10.1. The lowest BCUT2D eigenvalue weighted by Gasteiger charge is -2.22. The van der Waals surface area contributed by atoms with Crippen molar-refractivity contribution in [3.8, 4) is 0 Å². The first kappa shape index (κ1) is 16.2. The average Bonchev–Trinajstić information content (AvgIpc) is 3.20. The Hall–Kier alpha value is -0.630. The van der Waals surface area contributed by atoms with Crippen LogP contribution in [0.3, 0.4) is 0 Å². The van der Waals surface area contributed by atoms with Crippen molar-refractivity contribution in [1.29, 1.82) is 0 Å². The molecule has 2 fully saturated rings. The molecule has 6 nitrogen and oxygen atoms in total. The topological polar surface area (TPSA) is 67.2 Å². The van der Waals surface area contributed by atoms with Gasteiger partial charge in [0.05, 0.1) is 0 Å². The fourth-order valence-corrected chi connectivity index (χ4v) is 5.41. The molecule has 1 aromatic rings. The van der Waals surface area contributed by atoms with Crippen molar-refractivity contribution in [2.75, 3.05) is 26.2 Å². The van der Waals surface area contributed by atoms with Gasteiger partial charge in [-0.1, -0.05) is 0 Å². The number of hydrogen-bond acceptors (Lipinski definition) is 4. The highest BCUT2D eigenvalue weighted by Gasteiger charge is 2.45. The second-order valence-corrected chi connectivity index (χ2v) is 8.55. The number of halogens is 1. The minimum Gasteiger partial charge on any atom is -0.333 e. The molecular formula is C14H23ClN4O2S. The quantitative estimate of drug-likeness (QED) is 0.868. The van der Waals surface area contributed by atoms with Gasteiger partial charge >= 0.3 is 0 Å². The van der Waals surface area contributed by atoms with Gasteiger partial charge in [-0.2, -0.15) is 4.31 Å². The predicted molar refractivity (Wildman–Crippen MR) is 85.7 cm³/mol. The van der Waals surface area contributed by atoms with E-state index in [1.165, 1.54) is 0 Å². The largest absolute Gasteiger partial charge is 0.333 e. The second-order valence-electron chi connectivity index (χ2n) is 6.66. The van der Waals surface area contributed by atoms with E-state index < -0.39 is 10.0 Å². The van der Waals surface area contributed by atoms with E-state index in [9.17, 15) is 8.42 Å². The minimum absolute atomic E-state index is 0. The van der Waals surface area contributed by atoms with Crippen molar-refractivity contribution < 1.29 is 8.42 Å². The molecule has 1 atom stereocenters. The molecule has 22 heavy (non-hydrogen) atoms. The molecule has 4 rings (SSSR count). The van der Waals surface area contributed by atoms with Crippen molar-refractivity contribution in [3.05, 3.63) is 12.0 Å². The fourth-order valence-electron chi connectivity index (χ4n) is 3.89. The second kappa shape index (κ2) is 5.78. The Bertz CT molecular complexity index is 628. The van der Waals surface area contributed by atoms with E-state index in [0.29, 0.717) is 13.1 Å². The predicted octanol–water partition coefficient (Wildman–Crippen LogP) is 1.02. The van der Waals surface area contributed by atoms with Crippen molar-refractivity contribution in [2.24, 2.45) is 5.41 Å². The van der Waals surface area contributed by atoms with E-state index >= 15 is 0 Å². The fraction of sp³-hybridized carbons (Fsp3) is 0.786. The molecule has 0 amide bonds. The van der Waals surface area contributed by atoms with E-state index in [0.717, 1.165) is 57.6 Å². The maximum Gasteiger partial charge on any atom is 0.262 e. The summed E-state index contributed by atoms with van der Waals surface area (Å²) >= 11 is 0. The minimum atomic E-state index is -3.42. The molecule has 0 saturated carbocycles.